The number of hydrogen-bond acceptors (Lipinski definition) is 3. The van der Waals surface area contributed by atoms with Crippen LogP contribution in [0.3, 0.4) is 0 Å². The van der Waals surface area contributed by atoms with E-state index < -0.39 is 0 Å². The molecular weight excluding hydrogens is 312 g/mol. The van der Waals surface area contributed by atoms with Gasteiger partial charge in [-0.25, -0.2) is 0 Å². The van der Waals surface area contributed by atoms with Crippen molar-refractivity contribution in [3.05, 3.63) is 59.7 Å². The average Bonchev–Trinajstić information content (AvgIpc) is 2.54. The van der Waals surface area contributed by atoms with Crippen molar-refractivity contribution in [2.24, 2.45) is 0 Å². The maximum Gasteiger partial charge on any atom is 0.224 e. The van der Waals surface area contributed by atoms with Gasteiger partial charge in [-0.2, -0.15) is 0 Å². The number of nitrogens with one attached hydrogen (secondary N) is 1. The van der Waals surface area contributed by atoms with Crippen molar-refractivity contribution in [2.45, 2.75) is 19.3 Å². The first-order valence-electron chi connectivity index (χ1n) is 7.41. The molecule has 0 aromatic heterocycles. The van der Waals surface area contributed by atoms with Gasteiger partial charge in [0.2, 0.25) is 5.91 Å². The van der Waals surface area contributed by atoms with E-state index in [1.165, 1.54) is 5.56 Å². The minimum atomic E-state index is 0. The van der Waals surface area contributed by atoms with Crippen LogP contribution < -0.4 is 15.8 Å². The van der Waals surface area contributed by atoms with Crippen molar-refractivity contribution in [3.8, 4) is 5.75 Å². The average molecular weight is 335 g/mol. The molecule has 0 radical (unpaired) electrons. The summed E-state index contributed by atoms with van der Waals surface area (Å²) < 4.78 is 5.13. The molecule has 4 nitrogen and oxygen atoms in total. The minimum absolute atomic E-state index is 0. The second-order valence-electron chi connectivity index (χ2n) is 5.22. The fraction of sp³-hybridized carbons (Fsp3) is 0.278. The van der Waals surface area contributed by atoms with Gasteiger partial charge in [0.25, 0.3) is 0 Å². The van der Waals surface area contributed by atoms with Crippen LogP contribution in [-0.4, -0.2) is 19.6 Å². The number of carbonyl (C=O) groups excluding carboxylic acids is 1. The molecule has 0 spiro atoms. The molecule has 0 heterocycles. The largest absolute Gasteiger partial charge is 0.497 e. The SMILES string of the molecule is COc1ccc(CCCNC(=O)Cc2ccc(N)cc2)cc1.Cl. The van der Waals surface area contributed by atoms with E-state index in [0.29, 0.717) is 18.7 Å². The number of rotatable bonds is 7. The summed E-state index contributed by atoms with van der Waals surface area (Å²) in [6.45, 7) is 0.680. The zero-order chi connectivity index (χ0) is 15.8. The number of ether oxygens (including phenoxy) is 1. The summed E-state index contributed by atoms with van der Waals surface area (Å²) in [5.41, 5.74) is 8.55. The maximum atomic E-state index is 11.8. The van der Waals surface area contributed by atoms with Gasteiger partial charge in [-0.3, -0.25) is 4.79 Å². The highest BCUT2D eigenvalue weighted by Crippen LogP contribution is 2.12. The van der Waals surface area contributed by atoms with Gasteiger partial charge in [-0.1, -0.05) is 24.3 Å². The lowest BCUT2D eigenvalue weighted by Gasteiger charge is -2.06. The first-order valence-corrected chi connectivity index (χ1v) is 7.41. The lowest BCUT2D eigenvalue weighted by Crippen LogP contribution is -2.26. The summed E-state index contributed by atoms with van der Waals surface area (Å²) >= 11 is 0. The van der Waals surface area contributed by atoms with Crippen LogP contribution in [0.15, 0.2) is 48.5 Å². The first-order chi connectivity index (χ1) is 10.7. The van der Waals surface area contributed by atoms with Crippen molar-refractivity contribution in [1.29, 1.82) is 0 Å². The van der Waals surface area contributed by atoms with Gasteiger partial charge >= 0.3 is 0 Å². The summed E-state index contributed by atoms with van der Waals surface area (Å²) in [5, 5.41) is 2.94. The summed E-state index contributed by atoms with van der Waals surface area (Å²) in [6, 6.07) is 15.4. The van der Waals surface area contributed by atoms with Gasteiger partial charge in [0.1, 0.15) is 5.75 Å². The van der Waals surface area contributed by atoms with Crippen molar-refractivity contribution in [1.82, 2.24) is 5.32 Å². The molecule has 0 bridgehead atoms. The predicted octanol–water partition coefficient (Wildman–Crippen LogP) is 2.99. The number of anilines is 1. The Morgan fingerprint density at radius 2 is 1.65 bits per heavy atom. The maximum absolute atomic E-state index is 11.8. The molecule has 23 heavy (non-hydrogen) atoms. The van der Waals surface area contributed by atoms with Gasteiger partial charge in [0.15, 0.2) is 0 Å². The van der Waals surface area contributed by atoms with Crippen molar-refractivity contribution < 1.29 is 9.53 Å². The Morgan fingerprint density at radius 1 is 1.04 bits per heavy atom. The highest BCUT2D eigenvalue weighted by atomic mass is 35.5. The zero-order valence-corrected chi connectivity index (χ0v) is 14.1. The third-order valence-corrected chi connectivity index (χ3v) is 3.47. The molecule has 0 saturated heterocycles. The molecular formula is C18H23ClN2O2. The quantitative estimate of drug-likeness (QED) is 0.604. The van der Waals surface area contributed by atoms with Crippen LogP contribution in [0.2, 0.25) is 0 Å². The number of hydrogen-bond donors (Lipinski definition) is 2. The molecule has 1 amide bonds. The van der Waals surface area contributed by atoms with E-state index in [1.807, 2.05) is 36.4 Å². The fourth-order valence-corrected chi connectivity index (χ4v) is 2.20. The molecule has 0 aliphatic heterocycles. The van der Waals surface area contributed by atoms with E-state index in [4.69, 9.17) is 10.5 Å². The van der Waals surface area contributed by atoms with Gasteiger partial charge in [0, 0.05) is 12.2 Å². The summed E-state index contributed by atoms with van der Waals surface area (Å²) in [7, 11) is 1.66. The van der Waals surface area contributed by atoms with Crippen LogP contribution in [0.25, 0.3) is 0 Å². The van der Waals surface area contributed by atoms with E-state index in [-0.39, 0.29) is 18.3 Å². The normalized spacial score (nSPS) is 9.78. The Balaban J connectivity index is 0.00000264. The third-order valence-electron chi connectivity index (χ3n) is 3.47. The van der Waals surface area contributed by atoms with E-state index >= 15 is 0 Å². The number of amides is 1. The Morgan fingerprint density at radius 3 is 2.26 bits per heavy atom. The zero-order valence-electron chi connectivity index (χ0n) is 13.2. The second-order valence-corrected chi connectivity index (χ2v) is 5.22. The fourth-order valence-electron chi connectivity index (χ4n) is 2.20. The molecule has 0 unspecified atom stereocenters. The summed E-state index contributed by atoms with van der Waals surface area (Å²) in [6.07, 6.45) is 2.24. The van der Waals surface area contributed by atoms with E-state index in [0.717, 1.165) is 24.2 Å². The van der Waals surface area contributed by atoms with Crippen molar-refractivity contribution in [3.63, 3.8) is 0 Å². The molecule has 0 fully saturated rings. The second kappa shape index (κ2) is 9.74. The molecule has 5 heteroatoms. The minimum Gasteiger partial charge on any atom is -0.497 e. The van der Waals surface area contributed by atoms with E-state index in [2.05, 4.69) is 17.4 Å². The summed E-state index contributed by atoms with van der Waals surface area (Å²) in [5.74, 6) is 0.903. The highest BCUT2D eigenvalue weighted by molar-refractivity contribution is 5.85. The summed E-state index contributed by atoms with van der Waals surface area (Å²) in [4.78, 5) is 11.8. The Kier molecular flexibility index (Phi) is 7.98. The number of carbonyl (C=O) groups is 1. The van der Waals surface area contributed by atoms with Crippen LogP contribution in [0.5, 0.6) is 5.75 Å². The molecule has 0 atom stereocenters. The number of nitrogens with two attached hydrogens (primary N) is 1. The van der Waals surface area contributed by atoms with Crippen LogP contribution in [-0.2, 0) is 17.6 Å². The molecule has 0 aliphatic carbocycles. The first kappa shape index (κ1) is 18.8. The smallest absolute Gasteiger partial charge is 0.224 e. The monoisotopic (exact) mass is 334 g/mol. The number of benzene rings is 2. The number of halogens is 1. The molecule has 2 aromatic carbocycles. The lowest BCUT2D eigenvalue weighted by molar-refractivity contribution is -0.120. The van der Waals surface area contributed by atoms with E-state index in [1.54, 1.807) is 7.11 Å². The molecule has 0 aliphatic rings. The van der Waals surface area contributed by atoms with Gasteiger partial charge in [-0.05, 0) is 48.2 Å². The topological polar surface area (TPSA) is 64.3 Å². The number of nitrogen functional groups attached to an aromatic ring is 1. The van der Waals surface area contributed by atoms with Gasteiger partial charge in [-0.15, -0.1) is 12.4 Å². The molecule has 0 saturated carbocycles. The highest BCUT2D eigenvalue weighted by Gasteiger charge is 2.03. The third kappa shape index (κ3) is 6.61. The van der Waals surface area contributed by atoms with Crippen LogP contribution in [0, 0.1) is 0 Å². The predicted molar refractivity (Wildman–Crippen MR) is 96.1 cm³/mol. The Labute approximate surface area is 143 Å². The molecule has 2 aromatic rings. The number of methoxy groups -OCH3 is 1. The van der Waals surface area contributed by atoms with Crippen molar-refractivity contribution in [2.75, 3.05) is 19.4 Å². The molecule has 124 valence electrons. The van der Waals surface area contributed by atoms with Crippen molar-refractivity contribution >= 4 is 24.0 Å². The standard InChI is InChI=1S/C18H22N2O2.ClH/c1-22-17-10-6-14(7-11-17)3-2-12-20-18(21)13-15-4-8-16(19)9-5-15;/h4-11H,2-3,12-13,19H2,1H3,(H,20,21);1H. The molecule has 2 rings (SSSR count). The van der Waals surface area contributed by atoms with E-state index in [9.17, 15) is 4.79 Å². The van der Waals surface area contributed by atoms with Crippen LogP contribution in [0.4, 0.5) is 5.69 Å². The van der Waals surface area contributed by atoms with Gasteiger partial charge < -0.3 is 15.8 Å². The lowest BCUT2D eigenvalue weighted by atomic mass is 10.1. The Hall–Kier alpha value is -2.20. The number of aryl methyl sites for hydroxylation is 1. The van der Waals surface area contributed by atoms with Gasteiger partial charge in [0.05, 0.1) is 13.5 Å². The van der Waals surface area contributed by atoms with Crippen LogP contribution in [0.1, 0.15) is 17.5 Å². The van der Waals surface area contributed by atoms with Crippen LogP contribution >= 0.6 is 12.4 Å². The Bertz CT molecular complexity index is 597. The molecule has 3 N–H and O–H groups in total.